The first-order valence-corrected chi connectivity index (χ1v) is 8.87. The van der Waals surface area contributed by atoms with Gasteiger partial charge in [0.15, 0.2) is 23.0 Å². The molecule has 0 bridgehead atoms. The second kappa shape index (κ2) is 9.50. The molecule has 4 N–H and O–H groups in total. The number of carbonyl (C=O) groups is 2. The lowest BCUT2D eigenvalue weighted by atomic mass is 10.0. The molecule has 2 aromatic rings. The number of rotatable bonds is 7. The Balaban J connectivity index is 2.20. The van der Waals surface area contributed by atoms with Crippen LogP contribution >= 0.6 is 0 Å². The van der Waals surface area contributed by atoms with Crippen molar-refractivity contribution in [1.29, 1.82) is 0 Å². The molecule has 0 radical (unpaired) electrons. The van der Waals surface area contributed by atoms with Crippen molar-refractivity contribution >= 4 is 18.0 Å². The number of ether oxygens (including phenoxy) is 1. The Kier molecular flexibility index (Phi) is 7.08. The zero-order chi connectivity index (χ0) is 21.6. The molecule has 2 aromatic carbocycles. The number of aromatic hydroxyl groups is 4. The highest BCUT2D eigenvalue weighted by Gasteiger charge is 2.27. The molecule has 1 amide bonds. The van der Waals surface area contributed by atoms with Gasteiger partial charge in [-0.1, -0.05) is 12.1 Å². The fourth-order valence-corrected chi connectivity index (χ4v) is 2.62. The summed E-state index contributed by atoms with van der Waals surface area (Å²) in [7, 11) is 1.45. The van der Waals surface area contributed by atoms with E-state index in [4.69, 9.17) is 4.74 Å². The van der Waals surface area contributed by atoms with E-state index in [1.807, 2.05) is 0 Å². The van der Waals surface area contributed by atoms with E-state index in [9.17, 15) is 30.0 Å². The number of likely N-dealkylation sites (N-methyl/N-ethyl adjacent to an activating group) is 1. The van der Waals surface area contributed by atoms with Gasteiger partial charge in [-0.05, 0) is 48.4 Å². The van der Waals surface area contributed by atoms with Crippen molar-refractivity contribution in [1.82, 2.24) is 4.90 Å². The zero-order valence-electron chi connectivity index (χ0n) is 16.1. The van der Waals surface area contributed by atoms with E-state index >= 15 is 0 Å². The first-order chi connectivity index (χ1) is 13.7. The Labute approximate surface area is 167 Å². The van der Waals surface area contributed by atoms with E-state index in [0.29, 0.717) is 11.1 Å². The van der Waals surface area contributed by atoms with Gasteiger partial charge in [-0.3, -0.25) is 4.79 Å². The van der Waals surface area contributed by atoms with Crippen LogP contribution < -0.4 is 0 Å². The fourth-order valence-electron chi connectivity index (χ4n) is 2.62. The van der Waals surface area contributed by atoms with Gasteiger partial charge in [-0.25, -0.2) is 4.79 Å². The number of amides is 1. The normalized spacial score (nSPS) is 11.9. The number of hydrogen-bond acceptors (Lipinski definition) is 7. The lowest BCUT2D eigenvalue weighted by molar-refractivity contribution is -0.152. The molecule has 8 heteroatoms. The number of benzene rings is 2. The predicted octanol–water partition coefficient (Wildman–Crippen LogP) is 2.16. The summed E-state index contributed by atoms with van der Waals surface area (Å²) in [4.78, 5) is 26.2. The molecule has 0 saturated carbocycles. The molecule has 0 unspecified atom stereocenters. The smallest absolute Gasteiger partial charge is 0.329 e. The maximum absolute atomic E-state index is 12.6. The molecule has 0 aliphatic rings. The molecule has 2 rings (SSSR count). The standard InChI is InChI=1S/C21H23NO7/c1-3-29-21(28)15(10-14-5-8-17(24)19(26)12-14)22(2)20(27)9-6-13-4-7-16(23)18(25)11-13/h4-9,11-12,15,23-26H,3,10H2,1-2H3/b9-6+/t15-/m1/s1. The molecule has 0 heterocycles. The van der Waals surface area contributed by atoms with E-state index in [0.717, 1.165) is 0 Å². The minimum atomic E-state index is -0.954. The maximum atomic E-state index is 12.6. The van der Waals surface area contributed by atoms with Crippen LogP contribution in [0.25, 0.3) is 6.08 Å². The Morgan fingerprint density at radius 2 is 1.62 bits per heavy atom. The number of nitrogens with zero attached hydrogens (tertiary/aromatic N) is 1. The third-order valence-corrected chi connectivity index (χ3v) is 4.26. The van der Waals surface area contributed by atoms with Gasteiger partial charge in [-0.15, -0.1) is 0 Å². The Bertz CT molecular complexity index is 923. The van der Waals surface area contributed by atoms with Gasteiger partial charge in [0.2, 0.25) is 5.91 Å². The van der Waals surface area contributed by atoms with Crippen LogP contribution in [0, 0.1) is 0 Å². The van der Waals surface area contributed by atoms with Gasteiger partial charge in [0.1, 0.15) is 6.04 Å². The summed E-state index contributed by atoms with van der Waals surface area (Å²) in [5, 5.41) is 38.0. The molecule has 0 spiro atoms. The van der Waals surface area contributed by atoms with E-state index in [-0.39, 0.29) is 36.0 Å². The van der Waals surface area contributed by atoms with Crippen LogP contribution in [0.1, 0.15) is 18.1 Å². The fraction of sp³-hybridized carbons (Fsp3) is 0.238. The molecule has 0 fully saturated rings. The molecule has 0 aliphatic carbocycles. The first-order valence-electron chi connectivity index (χ1n) is 8.87. The number of hydrogen-bond donors (Lipinski definition) is 4. The van der Waals surface area contributed by atoms with Crippen LogP contribution in [0.5, 0.6) is 23.0 Å². The SMILES string of the molecule is CCOC(=O)[C@@H](Cc1ccc(O)c(O)c1)N(C)C(=O)/C=C/c1ccc(O)c(O)c1. The topological polar surface area (TPSA) is 128 Å². The van der Waals surface area contributed by atoms with Crippen molar-refractivity contribution in [2.75, 3.05) is 13.7 Å². The predicted molar refractivity (Wildman–Crippen MR) is 105 cm³/mol. The van der Waals surface area contributed by atoms with Crippen LogP contribution in [0.15, 0.2) is 42.5 Å². The minimum absolute atomic E-state index is 0.0722. The number of carbonyl (C=O) groups excluding carboxylic acids is 2. The van der Waals surface area contributed by atoms with Crippen molar-refractivity contribution < 1.29 is 34.8 Å². The van der Waals surface area contributed by atoms with Crippen LogP contribution in [0.3, 0.4) is 0 Å². The zero-order valence-corrected chi connectivity index (χ0v) is 16.1. The maximum Gasteiger partial charge on any atom is 0.329 e. The van der Waals surface area contributed by atoms with E-state index in [2.05, 4.69) is 0 Å². The summed E-state index contributed by atoms with van der Waals surface area (Å²) >= 11 is 0. The number of phenolic OH excluding ortho intramolecular Hbond substituents is 4. The van der Waals surface area contributed by atoms with Crippen LogP contribution in [0.4, 0.5) is 0 Å². The summed E-state index contributed by atoms with van der Waals surface area (Å²) < 4.78 is 5.06. The minimum Gasteiger partial charge on any atom is -0.504 e. The van der Waals surface area contributed by atoms with Crippen molar-refractivity contribution in [3.63, 3.8) is 0 Å². The van der Waals surface area contributed by atoms with Crippen LogP contribution in [0.2, 0.25) is 0 Å². The van der Waals surface area contributed by atoms with Gasteiger partial charge in [-0.2, -0.15) is 0 Å². The summed E-state index contributed by atoms with van der Waals surface area (Å²) in [6.07, 6.45) is 2.74. The molecule has 0 aliphatic heterocycles. The van der Waals surface area contributed by atoms with Crippen molar-refractivity contribution in [3.8, 4) is 23.0 Å². The van der Waals surface area contributed by atoms with Gasteiger partial charge >= 0.3 is 5.97 Å². The Hall–Kier alpha value is -3.68. The highest BCUT2D eigenvalue weighted by molar-refractivity contribution is 5.94. The van der Waals surface area contributed by atoms with E-state index in [1.165, 1.54) is 60.5 Å². The molecule has 8 nitrogen and oxygen atoms in total. The van der Waals surface area contributed by atoms with Crippen molar-refractivity contribution in [3.05, 3.63) is 53.6 Å². The highest BCUT2D eigenvalue weighted by Crippen LogP contribution is 2.27. The van der Waals surface area contributed by atoms with Crippen LogP contribution in [-0.4, -0.2) is 56.9 Å². The number of esters is 1. The lowest BCUT2D eigenvalue weighted by Crippen LogP contribution is -2.44. The summed E-state index contributed by atoms with van der Waals surface area (Å²) in [6.45, 7) is 1.79. The summed E-state index contributed by atoms with van der Waals surface area (Å²) in [5.41, 5.74) is 1.02. The lowest BCUT2D eigenvalue weighted by Gasteiger charge is -2.25. The first kappa shape index (κ1) is 21.6. The molecule has 0 saturated heterocycles. The van der Waals surface area contributed by atoms with Gasteiger partial charge in [0, 0.05) is 19.5 Å². The average molecular weight is 401 g/mol. The molecule has 0 aromatic heterocycles. The van der Waals surface area contributed by atoms with Gasteiger partial charge in [0.25, 0.3) is 0 Å². The van der Waals surface area contributed by atoms with Gasteiger partial charge < -0.3 is 30.1 Å². The highest BCUT2D eigenvalue weighted by atomic mass is 16.5. The Morgan fingerprint density at radius 1 is 1.00 bits per heavy atom. The number of phenols is 4. The largest absolute Gasteiger partial charge is 0.504 e. The van der Waals surface area contributed by atoms with E-state index < -0.39 is 17.9 Å². The summed E-state index contributed by atoms with van der Waals surface area (Å²) in [6, 6.07) is 7.30. The Morgan fingerprint density at radius 3 is 2.21 bits per heavy atom. The second-order valence-electron chi connectivity index (χ2n) is 6.33. The van der Waals surface area contributed by atoms with Gasteiger partial charge in [0.05, 0.1) is 6.61 Å². The van der Waals surface area contributed by atoms with E-state index in [1.54, 1.807) is 6.92 Å². The third kappa shape index (κ3) is 5.65. The molecule has 1 atom stereocenters. The summed E-state index contributed by atoms with van der Waals surface area (Å²) in [5.74, 6) is -2.29. The second-order valence-corrected chi connectivity index (χ2v) is 6.33. The molecule has 29 heavy (non-hydrogen) atoms. The van der Waals surface area contributed by atoms with Crippen molar-refractivity contribution in [2.24, 2.45) is 0 Å². The third-order valence-electron chi connectivity index (χ3n) is 4.26. The monoisotopic (exact) mass is 401 g/mol. The molecular weight excluding hydrogens is 378 g/mol. The van der Waals surface area contributed by atoms with Crippen LogP contribution in [-0.2, 0) is 20.7 Å². The molecular formula is C21H23NO7. The average Bonchev–Trinajstić information content (AvgIpc) is 2.69. The molecule has 154 valence electrons. The van der Waals surface area contributed by atoms with Crippen molar-refractivity contribution in [2.45, 2.75) is 19.4 Å². The quantitative estimate of drug-likeness (QED) is 0.318.